The van der Waals surface area contributed by atoms with Gasteiger partial charge in [0, 0.05) is 51.5 Å². The predicted octanol–water partition coefficient (Wildman–Crippen LogP) is 0.666. The van der Waals surface area contributed by atoms with Crippen LogP contribution in [0.15, 0.2) is 31.0 Å². The summed E-state index contributed by atoms with van der Waals surface area (Å²) in [6, 6.07) is 3.66. The minimum atomic E-state index is -0.209. The molecule has 1 aromatic heterocycles. The molecule has 1 saturated heterocycles. The number of hydrogen-bond acceptors (Lipinski definition) is 4. The second kappa shape index (κ2) is 6.88. The molecule has 0 bridgehead atoms. The molecule has 1 aliphatic rings. The number of carbonyl (C=O) groups is 2. The highest BCUT2D eigenvalue weighted by atomic mass is 16.2. The molecule has 6 heteroatoms. The summed E-state index contributed by atoms with van der Waals surface area (Å²) in [6.45, 7) is 8.50. The molecule has 0 aromatic carbocycles. The Bertz CT molecular complexity index is 536. The van der Waals surface area contributed by atoms with Gasteiger partial charge in [-0.2, -0.15) is 0 Å². The van der Waals surface area contributed by atoms with Gasteiger partial charge in [0.1, 0.15) is 5.69 Å². The Hall–Kier alpha value is -2.37. The van der Waals surface area contributed by atoms with Gasteiger partial charge >= 0.3 is 0 Å². The van der Waals surface area contributed by atoms with Crippen molar-refractivity contribution in [1.82, 2.24) is 15.2 Å². The summed E-state index contributed by atoms with van der Waals surface area (Å²) in [5.41, 5.74) is 1.35. The molecule has 112 valence electrons. The number of rotatable bonds is 4. The quantitative estimate of drug-likeness (QED) is 0.827. The Morgan fingerprint density at radius 2 is 2.10 bits per heavy atom. The van der Waals surface area contributed by atoms with Gasteiger partial charge in [-0.3, -0.25) is 14.6 Å². The molecule has 0 radical (unpaired) electrons. The highest BCUT2D eigenvalue weighted by Gasteiger charge is 2.19. The van der Waals surface area contributed by atoms with E-state index in [4.69, 9.17) is 0 Å². The number of nitrogens with zero attached hydrogens (tertiary/aromatic N) is 3. The van der Waals surface area contributed by atoms with Gasteiger partial charge < -0.3 is 15.1 Å². The minimum absolute atomic E-state index is 0.105. The van der Waals surface area contributed by atoms with E-state index in [1.807, 2.05) is 11.0 Å². The van der Waals surface area contributed by atoms with E-state index in [9.17, 15) is 9.59 Å². The maximum atomic E-state index is 11.9. The topological polar surface area (TPSA) is 65.5 Å². The number of nitrogens with one attached hydrogen (secondary N) is 1. The van der Waals surface area contributed by atoms with Crippen molar-refractivity contribution >= 4 is 17.5 Å². The minimum Gasteiger partial charge on any atom is -0.368 e. The predicted molar refractivity (Wildman–Crippen MR) is 81.2 cm³/mol. The molecular formula is C15H20N4O2. The van der Waals surface area contributed by atoms with Gasteiger partial charge in [-0.15, -0.1) is 6.58 Å². The smallest absolute Gasteiger partial charge is 0.270 e. The normalized spacial score (nSPS) is 14.7. The van der Waals surface area contributed by atoms with Crippen LogP contribution in [-0.4, -0.2) is 54.4 Å². The maximum Gasteiger partial charge on any atom is 0.270 e. The zero-order chi connectivity index (χ0) is 15.2. The Kier molecular flexibility index (Phi) is 4.92. The van der Waals surface area contributed by atoms with Crippen LogP contribution in [0.5, 0.6) is 0 Å². The van der Waals surface area contributed by atoms with Crippen molar-refractivity contribution in [1.29, 1.82) is 0 Å². The molecule has 2 heterocycles. The molecule has 1 aliphatic heterocycles. The molecule has 0 unspecified atom stereocenters. The molecule has 2 amide bonds. The van der Waals surface area contributed by atoms with Crippen LogP contribution in [-0.2, 0) is 4.79 Å². The summed E-state index contributed by atoms with van der Waals surface area (Å²) in [6.07, 6.45) is 3.26. The number of anilines is 1. The third-order valence-corrected chi connectivity index (χ3v) is 3.47. The van der Waals surface area contributed by atoms with E-state index in [0.717, 1.165) is 18.8 Å². The van der Waals surface area contributed by atoms with Crippen LogP contribution in [0.1, 0.15) is 17.4 Å². The molecular weight excluding hydrogens is 268 g/mol. The Balaban J connectivity index is 2.03. The second-order valence-electron chi connectivity index (χ2n) is 4.89. The van der Waals surface area contributed by atoms with Crippen LogP contribution in [0.2, 0.25) is 0 Å². The highest BCUT2D eigenvalue weighted by molar-refractivity contribution is 5.93. The Morgan fingerprint density at radius 1 is 1.38 bits per heavy atom. The summed E-state index contributed by atoms with van der Waals surface area (Å²) >= 11 is 0. The molecule has 0 spiro atoms. The average molecular weight is 288 g/mol. The zero-order valence-electron chi connectivity index (χ0n) is 12.2. The van der Waals surface area contributed by atoms with Gasteiger partial charge in [0.05, 0.1) is 0 Å². The van der Waals surface area contributed by atoms with E-state index in [0.29, 0.717) is 25.3 Å². The first-order valence-corrected chi connectivity index (χ1v) is 6.97. The first-order chi connectivity index (χ1) is 10.1. The van der Waals surface area contributed by atoms with E-state index in [1.54, 1.807) is 25.3 Å². The molecule has 1 N–H and O–H groups in total. The SMILES string of the molecule is C=CCNC(=O)c1cc(N2CCN(C(C)=O)CC2)ccn1. The number of aromatic nitrogens is 1. The van der Waals surface area contributed by atoms with E-state index < -0.39 is 0 Å². The lowest BCUT2D eigenvalue weighted by Crippen LogP contribution is -2.48. The van der Waals surface area contributed by atoms with E-state index >= 15 is 0 Å². The summed E-state index contributed by atoms with van der Waals surface area (Å²) in [5, 5.41) is 2.71. The van der Waals surface area contributed by atoms with Crippen molar-refractivity contribution in [3.05, 3.63) is 36.7 Å². The second-order valence-corrected chi connectivity index (χ2v) is 4.89. The molecule has 2 rings (SSSR count). The molecule has 0 aliphatic carbocycles. The third kappa shape index (κ3) is 3.81. The summed E-state index contributed by atoms with van der Waals surface area (Å²) in [7, 11) is 0. The van der Waals surface area contributed by atoms with Crippen molar-refractivity contribution < 1.29 is 9.59 Å². The average Bonchev–Trinajstić information content (AvgIpc) is 2.52. The highest BCUT2D eigenvalue weighted by Crippen LogP contribution is 2.17. The lowest BCUT2D eigenvalue weighted by Gasteiger charge is -2.35. The van der Waals surface area contributed by atoms with Crippen molar-refractivity contribution in [2.45, 2.75) is 6.92 Å². The van der Waals surface area contributed by atoms with Crippen LogP contribution in [0.4, 0.5) is 5.69 Å². The summed E-state index contributed by atoms with van der Waals surface area (Å²) < 4.78 is 0. The lowest BCUT2D eigenvalue weighted by atomic mass is 10.2. The van der Waals surface area contributed by atoms with Crippen LogP contribution in [0.25, 0.3) is 0 Å². The maximum absolute atomic E-state index is 11.9. The van der Waals surface area contributed by atoms with Crippen LogP contribution < -0.4 is 10.2 Å². The standard InChI is InChI=1S/C15H20N4O2/c1-3-5-17-15(21)14-11-13(4-6-16-14)19-9-7-18(8-10-19)12(2)20/h3-4,6,11H,1,5,7-10H2,2H3,(H,17,21). The molecule has 0 saturated carbocycles. The third-order valence-electron chi connectivity index (χ3n) is 3.47. The number of carbonyl (C=O) groups excluding carboxylic acids is 2. The largest absolute Gasteiger partial charge is 0.368 e. The lowest BCUT2D eigenvalue weighted by molar-refractivity contribution is -0.129. The fourth-order valence-corrected chi connectivity index (χ4v) is 2.28. The van der Waals surface area contributed by atoms with Gasteiger partial charge in [0.15, 0.2) is 0 Å². The van der Waals surface area contributed by atoms with E-state index in [2.05, 4.69) is 21.8 Å². The van der Waals surface area contributed by atoms with Crippen molar-refractivity contribution in [3.8, 4) is 0 Å². The van der Waals surface area contributed by atoms with Gasteiger partial charge in [-0.1, -0.05) is 6.08 Å². The van der Waals surface area contributed by atoms with E-state index in [-0.39, 0.29) is 11.8 Å². The fraction of sp³-hybridized carbons (Fsp3) is 0.400. The fourth-order valence-electron chi connectivity index (χ4n) is 2.28. The number of amides is 2. The first-order valence-electron chi connectivity index (χ1n) is 6.97. The van der Waals surface area contributed by atoms with Gasteiger partial charge in [-0.05, 0) is 12.1 Å². The number of piperazine rings is 1. The van der Waals surface area contributed by atoms with Crippen LogP contribution >= 0.6 is 0 Å². The Labute approximate surface area is 124 Å². The molecule has 21 heavy (non-hydrogen) atoms. The molecule has 6 nitrogen and oxygen atoms in total. The van der Waals surface area contributed by atoms with Gasteiger partial charge in [0.25, 0.3) is 5.91 Å². The summed E-state index contributed by atoms with van der Waals surface area (Å²) in [4.78, 5) is 31.3. The molecule has 1 fully saturated rings. The van der Waals surface area contributed by atoms with Crippen LogP contribution in [0.3, 0.4) is 0 Å². The van der Waals surface area contributed by atoms with Crippen molar-refractivity contribution in [2.75, 3.05) is 37.6 Å². The van der Waals surface area contributed by atoms with Gasteiger partial charge in [-0.25, -0.2) is 0 Å². The number of pyridine rings is 1. The van der Waals surface area contributed by atoms with Crippen LogP contribution in [0, 0.1) is 0 Å². The monoisotopic (exact) mass is 288 g/mol. The van der Waals surface area contributed by atoms with E-state index in [1.165, 1.54) is 0 Å². The van der Waals surface area contributed by atoms with Crippen molar-refractivity contribution in [3.63, 3.8) is 0 Å². The molecule has 1 aromatic rings. The Morgan fingerprint density at radius 3 is 2.71 bits per heavy atom. The number of hydrogen-bond donors (Lipinski definition) is 1. The first kappa shape index (κ1) is 15.0. The summed E-state index contributed by atoms with van der Waals surface area (Å²) in [5.74, 6) is -0.104. The zero-order valence-corrected chi connectivity index (χ0v) is 12.2. The van der Waals surface area contributed by atoms with Gasteiger partial charge in [0.2, 0.25) is 5.91 Å². The molecule has 0 atom stereocenters. The van der Waals surface area contributed by atoms with Crippen molar-refractivity contribution in [2.24, 2.45) is 0 Å².